The molecule has 0 saturated carbocycles. The minimum atomic E-state index is -0.246. The van der Waals surface area contributed by atoms with E-state index in [0.29, 0.717) is 6.54 Å². The van der Waals surface area contributed by atoms with Gasteiger partial charge >= 0.3 is 5.97 Å². The highest BCUT2D eigenvalue weighted by Crippen LogP contribution is 2.14. The molecule has 4 heteroatoms. The number of esters is 1. The van der Waals surface area contributed by atoms with Crippen LogP contribution in [0.1, 0.15) is 12.5 Å². The smallest absolute Gasteiger partial charge is 0.309 e. The molecule has 16 heavy (non-hydrogen) atoms. The van der Waals surface area contributed by atoms with E-state index in [9.17, 15) is 4.79 Å². The Labute approximate surface area is 95.3 Å². The molecular formula is C12H17NO3. The first-order valence-corrected chi connectivity index (χ1v) is 5.18. The van der Waals surface area contributed by atoms with Crippen molar-refractivity contribution in [3.8, 4) is 5.75 Å². The maximum Gasteiger partial charge on any atom is 0.309 e. The number of hydrogen-bond acceptors (Lipinski definition) is 4. The summed E-state index contributed by atoms with van der Waals surface area (Å²) in [5, 5.41) is 0. The Kier molecular flexibility index (Phi) is 4.79. The Morgan fingerprint density at radius 2 is 2.00 bits per heavy atom. The maximum atomic E-state index is 11.0. The van der Waals surface area contributed by atoms with Crippen LogP contribution in [0.3, 0.4) is 0 Å². The summed E-state index contributed by atoms with van der Waals surface area (Å²) >= 11 is 0. The topological polar surface area (TPSA) is 61.5 Å². The number of carbonyl (C=O) groups excluding carboxylic acids is 1. The molecule has 1 rings (SSSR count). The minimum absolute atomic E-state index is 0.00791. The average Bonchev–Trinajstić information content (AvgIpc) is 2.31. The molecular weight excluding hydrogens is 206 g/mol. The van der Waals surface area contributed by atoms with Crippen LogP contribution in [0.25, 0.3) is 0 Å². The van der Waals surface area contributed by atoms with Crippen LogP contribution in [0.2, 0.25) is 0 Å². The number of carbonyl (C=O) groups is 1. The van der Waals surface area contributed by atoms with Gasteiger partial charge in [0.25, 0.3) is 0 Å². The van der Waals surface area contributed by atoms with E-state index in [0.717, 1.165) is 11.3 Å². The molecule has 0 aromatic heterocycles. The summed E-state index contributed by atoms with van der Waals surface area (Å²) in [6.45, 7) is 2.38. The average molecular weight is 223 g/mol. The van der Waals surface area contributed by atoms with E-state index in [2.05, 4.69) is 4.74 Å². The summed E-state index contributed by atoms with van der Waals surface area (Å²) in [5.74, 6) is 0.510. The van der Waals surface area contributed by atoms with Gasteiger partial charge in [-0.1, -0.05) is 12.1 Å². The summed E-state index contributed by atoms with van der Waals surface area (Å²) in [6.07, 6.45) is 0.273. The van der Waals surface area contributed by atoms with Crippen molar-refractivity contribution in [2.24, 2.45) is 5.73 Å². The van der Waals surface area contributed by atoms with E-state index >= 15 is 0 Å². The molecule has 2 N–H and O–H groups in total. The van der Waals surface area contributed by atoms with Crippen LogP contribution < -0.4 is 10.5 Å². The lowest BCUT2D eigenvalue weighted by Gasteiger charge is -2.12. The van der Waals surface area contributed by atoms with E-state index in [1.54, 1.807) is 0 Å². The van der Waals surface area contributed by atoms with Gasteiger partial charge in [0.15, 0.2) is 0 Å². The van der Waals surface area contributed by atoms with Gasteiger partial charge in [0.05, 0.1) is 13.5 Å². The molecule has 0 heterocycles. The molecule has 0 aliphatic heterocycles. The zero-order valence-corrected chi connectivity index (χ0v) is 9.60. The summed E-state index contributed by atoms with van der Waals surface area (Å²) in [7, 11) is 1.38. The standard InChI is InChI=1S/C12H17NO3/c1-9(8-13)16-11-5-3-10(4-6-11)7-12(14)15-2/h3-6,9H,7-8,13H2,1-2H3. The van der Waals surface area contributed by atoms with Crippen molar-refractivity contribution in [1.29, 1.82) is 0 Å². The largest absolute Gasteiger partial charge is 0.489 e. The summed E-state index contributed by atoms with van der Waals surface area (Å²) in [4.78, 5) is 11.0. The lowest BCUT2D eigenvalue weighted by atomic mass is 10.1. The van der Waals surface area contributed by atoms with E-state index in [-0.39, 0.29) is 18.5 Å². The molecule has 1 unspecified atom stereocenters. The molecule has 0 aliphatic carbocycles. The second-order valence-electron chi connectivity index (χ2n) is 3.56. The predicted octanol–water partition coefficient (Wildman–Crippen LogP) is 1.13. The molecule has 0 fully saturated rings. The first-order valence-electron chi connectivity index (χ1n) is 5.18. The van der Waals surface area contributed by atoms with Gasteiger partial charge in [-0.2, -0.15) is 0 Å². The fourth-order valence-electron chi connectivity index (χ4n) is 1.21. The summed E-state index contributed by atoms with van der Waals surface area (Å²) in [6, 6.07) is 7.33. The molecule has 4 nitrogen and oxygen atoms in total. The van der Waals surface area contributed by atoms with Gasteiger partial charge in [0, 0.05) is 6.54 Å². The maximum absolute atomic E-state index is 11.0. The summed E-state index contributed by atoms with van der Waals surface area (Å²) in [5.41, 5.74) is 6.35. The summed E-state index contributed by atoms with van der Waals surface area (Å²) < 4.78 is 10.1. The van der Waals surface area contributed by atoms with Crippen LogP contribution in [0.15, 0.2) is 24.3 Å². The van der Waals surface area contributed by atoms with Gasteiger partial charge in [-0.25, -0.2) is 0 Å². The van der Waals surface area contributed by atoms with Crippen LogP contribution in [-0.2, 0) is 16.0 Å². The number of rotatable bonds is 5. The molecule has 0 saturated heterocycles. The SMILES string of the molecule is COC(=O)Cc1ccc(OC(C)CN)cc1. The lowest BCUT2D eigenvalue weighted by Crippen LogP contribution is -2.22. The normalized spacial score (nSPS) is 11.9. The molecule has 88 valence electrons. The second-order valence-corrected chi connectivity index (χ2v) is 3.56. The number of benzene rings is 1. The second kappa shape index (κ2) is 6.12. The Balaban J connectivity index is 2.57. The first kappa shape index (κ1) is 12.5. The van der Waals surface area contributed by atoms with Gasteiger partial charge in [-0.05, 0) is 24.6 Å². The Bertz CT molecular complexity index is 335. The van der Waals surface area contributed by atoms with Crippen molar-refractivity contribution in [3.63, 3.8) is 0 Å². The number of methoxy groups -OCH3 is 1. The number of nitrogens with two attached hydrogens (primary N) is 1. The highest BCUT2D eigenvalue weighted by Gasteiger charge is 2.04. The third-order valence-electron chi connectivity index (χ3n) is 2.17. The number of hydrogen-bond donors (Lipinski definition) is 1. The zero-order chi connectivity index (χ0) is 12.0. The molecule has 1 aromatic carbocycles. The lowest BCUT2D eigenvalue weighted by molar-refractivity contribution is -0.139. The van der Waals surface area contributed by atoms with E-state index in [1.807, 2.05) is 31.2 Å². The van der Waals surface area contributed by atoms with Crippen LogP contribution in [-0.4, -0.2) is 25.7 Å². The van der Waals surface area contributed by atoms with Crippen molar-refractivity contribution < 1.29 is 14.3 Å². The van der Waals surface area contributed by atoms with Gasteiger partial charge < -0.3 is 15.2 Å². The first-order chi connectivity index (χ1) is 7.65. The Morgan fingerprint density at radius 3 is 2.50 bits per heavy atom. The van der Waals surface area contributed by atoms with Gasteiger partial charge in [0.1, 0.15) is 11.9 Å². The highest BCUT2D eigenvalue weighted by atomic mass is 16.5. The minimum Gasteiger partial charge on any atom is -0.489 e. The van der Waals surface area contributed by atoms with Crippen LogP contribution >= 0.6 is 0 Å². The predicted molar refractivity (Wildman–Crippen MR) is 61.3 cm³/mol. The Morgan fingerprint density at radius 1 is 1.38 bits per heavy atom. The third kappa shape index (κ3) is 3.90. The van der Waals surface area contributed by atoms with E-state index < -0.39 is 0 Å². The van der Waals surface area contributed by atoms with Gasteiger partial charge in [-0.3, -0.25) is 4.79 Å². The highest BCUT2D eigenvalue weighted by molar-refractivity contribution is 5.72. The third-order valence-corrected chi connectivity index (χ3v) is 2.17. The quantitative estimate of drug-likeness (QED) is 0.760. The molecule has 1 atom stereocenters. The van der Waals surface area contributed by atoms with E-state index in [1.165, 1.54) is 7.11 Å². The van der Waals surface area contributed by atoms with Crippen molar-refractivity contribution in [3.05, 3.63) is 29.8 Å². The fourth-order valence-corrected chi connectivity index (χ4v) is 1.21. The Hall–Kier alpha value is -1.55. The monoisotopic (exact) mass is 223 g/mol. The van der Waals surface area contributed by atoms with E-state index in [4.69, 9.17) is 10.5 Å². The molecule has 0 amide bonds. The zero-order valence-electron chi connectivity index (χ0n) is 9.60. The molecule has 0 bridgehead atoms. The molecule has 0 radical (unpaired) electrons. The van der Waals surface area contributed by atoms with Crippen molar-refractivity contribution >= 4 is 5.97 Å². The fraction of sp³-hybridized carbons (Fsp3) is 0.417. The molecule has 1 aromatic rings. The number of ether oxygens (including phenoxy) is 2. The van der Waals surface area contributed by atoms with Gasteiger partial charge in [-0.15, -0.1) is 0 Å². The van der Waals surface area contributed by atoms with Crippen molar-refractivity contribution in [1.82, 2.24) is 0 Å². The van der Waals surface area contributed by atoms with Crippen LogP contribution in [0.4, 0.5) is 0 Å². The molecule has 0 spiro atoms. The van der Waals surface area contributed by atoms with Crippen molar-refractivity contribution in [2.45, 2.75) is 19.4 Å². The van der Waals surface area contributed by atoms with Crippen LogP contribution in [0.5, 0.6) is 5.75 Å². The van der Waals surface area contributed by atoms with Gasteiger partial charge in [0.2, 0.25) is 0 Å². The molecule has 0 aliphatic rings. The van der Waals surface area contributed by atoms with Crippen LogP contribution in [0, 0.1) is 0 Å². The van der Waals surface area contributed by atoms with Crippen molar-refractivity contribution in [2.75, 3.05) is 13.7 Å².